The predicted octanol–water partition coefficient (Wildman–Crippen LogP) is 1.65. The molecule has 0 aromatic rings. The lowest BCUT2D eigenvalue weighted by Crippen LogP contribution is -2.12. The fourth-order valence-electron chi connectivity index (χ4n) is 0.594. The molecule has 0 fully saturated rings. The summed E-state index contributed by atoms with van der Waals surface area (Å²) in [5, 5.41) is 0. The molecule has 0 saturated carbocycles. The predicted molar refractivity (Wildman–Crippen MR) is 69.3 cm³/mol. The molecule has 0 amide bonds. The molecule has 108 valence electrons. The topological polar surface area (TPSA) is 71.1 Å². The van der Waals surface area contributed by atoms with Gasteiger partial charge in [0, 0.05) is 13.2 Å². The van der Waals surface area contributed by atoms with Crippen LogP contribution in [0.15, 0.2) is 25.3 Å². The van der Waals surface area contributed by atoms with Crippen LogP contribution >= 0.6 is 0 Å². The molecule has 0 aromatic heterocycles. The molecule has 0 bridgehead atoms. The van der Waals surface area contributed by atoms with Crippen molar-refractivity contribution < 1.29 is 26.3 Å². The van der Waals surface area contributed by atoms with Gasteiger partial charge in [-0.05, 0) is 13.8 Å². The average molecular weight is 282 g/mol. The van der Waals surface area contributed by atoms with E-state index in [1.807, 2.05) is 13.8 Å². The van der Waals surface area contributed by atoms with Gasteiger partial charge in [-0.2, -0.15) is 8.42 Å². The first-order valence-corrected chi connectivity index (χ1v) is 6.78. The molecule has 0 unspecified atom stereocenters. The van der Waals surface area contributed by atoms with Crippen molar-refractivity contribution in [1.82, 2.24) is 0 Å². The van der Waals surface area contributed by atoms with Gasteiger partial charge in [-0.25, -0.2) is 8.37 Å². The van der Waals surface area contributed by atoms with Gasteiger partial charge in [0.2, 0.25) is 0 Å². The maximum absolute atomic E-state index is 10.8. The van der Waals surface area contributed by atoms with Gasteiger partial charge in [0.15, 0.2) is 6.79 Å². The Balaban J connectivity index is 0. The van der Waals surface area contributed by atoms with E-state index in [-0.39, 0.29) is 20.0 Å². The summed E-state index contributed by atoms with van der Waals surface area (Å²) in [5.41, 5.74) is 0. The van der Waals surface area contributed by atoms with Gasteiger partial charge >= 0.3 is 10.4 Å². The highest BCUT2D eigenvalue weighted by Gasteiger charge is 2.09. The summed E-state index contributed by atoms with van der Waals surface area (Å²) in [6, 6.07) is 0. The fraction of sp³-hybridized carbons (Fsp3) is 0.636. The van der Waals surface area contributed by atoms with Crippen LogP contribution in [-0.2, 0) is 28.2 Å². The summed E-state index contributed by atoms with van der Waals surface area (Å²) in [6.45, 7) is 12.0. The Hall–Kier alpha value is -0.730. The van der Waals surface area contributed by atoms with Crippen molar-refractivity contribution in [3.05, 3.63) is 25.3 Å². The lowest BCUT2D eigenvalue weighted by molar-refractivity contribution is 0.0243. The normalized spacial score (nSPS) is 10.3. The molecule has 6 nitrogen and oxygen atoms in total. The highest BCUT2D eigenvalue weighted by atomic mass is 32.3. The van der Waals surface area contributed by atoms with Crippen LogP contribution in [0.25, 0.3) is 0 Å². The van der Waals surface area contributed by atoms with E-state index in [9.17, 15) is 8.42 Å². The Morgan fingerprint density at radius 2 is 1.50 bits per heavy atom. The summed E-state index contributed by atoms with van der Waals surface area (Å²) in [6.07, 6.45) is 2.77. The molecule has 0 atom stereocenters. The molecular formula is C11H22O6S. The smallest absolute Gasteiger partial charge is 0.382 e. The highest BCUT2D eigenvalue weighted by Crippen LogP contribution is 1.95. The summed E-state index contributed by atoms with van der Waals surface area (Å²) in [7, 11) is -3.95. The molecule has 0 N–H and O–H groups in total. The van der Waals surface area contributed by atoms with Crippen LogP contribution in [0, 0.1) is 0 Å². The standard InChI is InChI=1S/C7H12O5S.C4H10O/c1-3-5-10-7-12-13(8,9)11-6-4-2;1-3-5-4-2/h3-4H,1-2,5-7H2;3-4H2,1-2H3. The summed E-state index contributed by atoms with van der Waals surface area (Å²) < 4.78 is 39.6. The SMILES string of the molecule is C=CCOCOS(=O)(=O)OCC=C.CCOCC. The fourth-order valence-corrected chi connectivity index (χ4v) is 1.11. The van der Waals surface area contributed by atoms with E-state index in [2.05, 4.69) is 26.3 Å². The van der Waals surface area contributed by atoms with Gasteiger partial charge in [-0.3, -0.25) is 0 Å². The molecule has 0 aromatic carbocycles. The molecule has 18 heavy (non-hydrogen) atoms. The van der Waals surface area contributed by atoms with Gasteiger partial charge in [0.1, 0.15) is 0 Å². The van der Waals surface area contributed by atoms with Crippen LogP contribution < -0.4 is 0 Å². The third-order valence-electron chi connectivity index (χ3n) is 1.25. The minimum Gasteiger partial charge on any atom is -0.382 e. The Bertz CT molecular complexity index is 284. The second-order valence-electron chi connectivity index (χ2n) is 2.66. The van der Waals surface area contributed by atoms with Crippen LogP contribution in [0.1, 0.15) is 13.8 Å². The summed E-state index contributed by atoms with van der Waals surface area (Å²) >= 11 is 0. The zero-order chi connectivity index (χ0) is 14.3. The Morgan fingerprint density at radius 3 is 1.89 bits per heavy atom. The number of hydrogen-bond donors (Lipinski definition) is 0. The maximum atomic E-state index is 10.8. The molecule has 0 rings (SSSR count). The van der Waals surface area contributed by atoms with E-state index in [1.54, 1.807) is 0 Å². The van der Waals surface area contributed by atoms with Crippen molar-refractivity contribution in [1.29, 1.82) is 0 Å². The van der Waals surface area contributed by atoms with Crippen LogP contribution in [0.5, 0.6) is 0 Å². The lowest BCUT2D eigenvalue weighted by atomic mass is 10.7. The zero-order valence-electron chi connectivity index (χ0n) is 11.0. The molecule has 0 aliphatic heterocycles. The van der Waals surface area contributed by atoms with Crippen molar-refractivity contribution in [2.75, 3.05) is 33.2 Å². The van der Waals surface area contributed by atoms with E-state index in [0.717, 1.165) is 13.2 Å². The molecule has 0 saturated heterocycles. The van der Waals surface area contributed by atoms with Gasteiger partial charge in [0.25, 0.3) is 0 Å². The highest BCUT2D eigenvalue weighted by molar-refractivity contribution is 7.81. The van der Waals surface area contributed by atoms with E-state index < -0.39 is 10.4 Å². The number of hydrogen-bond acceptors (Lipinski definition) is 6. The first-order chi connectivity index (χ1) is 8.54. The molecule has 0 aliphatic rings. The molecular weight excluding hydrogens is 260 g/mol. The molecule has 0 spiro atoms. The number of rotatable bonds is 10. The van der Waals surface area contributed by atoms with Crippen LogP contribution in [0.2, 0.25) is 0 Å². The molecule has 0 radical (unpaired) electrons. The average Bonchev–Trinajstić information content (AvgIpc) is 2.34. The first kappa shape index (κ1) is 19.6. The van der Waals surface area contributed by atoms with Crippen molar-refractivity contribution >= 4 is 10.4 Å². The van der Waals surface area contributed by atoms with Crippen molar-refractivity contribution in [3.63, 3.8) is 0 Å². The van der Waals surface area contributed by atoms with Crippen molar-refractivity contribution in [3.8, 4) is 0 Å². The Kier molecular flexibility index (Phi) is 15.6. The third kappa shape index (κ3) is 17.7. The van der Waals surface area contributed by atoms with Crippen LogP contribution in [0.3, 0.4) is 0 Å². The minimum absolute atomic E-state index is 0.121. The maximum Gasteiger partial charge on any atom is 0.402 e. The van der Waals surface area contributed by atoms with Crippen LogP contribution in [0.4, 0.5) is 0 Å². The van der Waals surface area contributed by atoms with Gasteiger partial charge in [0.05, 0.1) is 13.2 Å². The Labute approximate surface area is 110 Å². The zero-order valence-corrected chi connectivity index (χ0v) is 11.8. The lowest BCUT2D eigenvalue weighted by Gasteiger charge is -2.03. The second-order valence-corrected chi connectivity index (χ2v) is 3.95. The van der Waals surface area contributed by atoms with E-state index in [1.165, 1.54) is 12.2 Å². The van der Waals surface area contributed by atoms with Crippen molar-refractivity contribution in [2.24, 2.45) is 0 Å². The van der Waals surface area contributed by atoms with E-state index in [0.29, 0.717) is 0 Å². The number of ether oxygens (including phenoxy) is 2. The van der Waals surface area contributed by atoms with Gasteiger partial charge in [-0.15, -0.1) is 13.2 Å². The molecule has 0 heterocycles. The van der Waals surface area contributed by atoms with Gasteiger partial charge < -0.3 is 9.47 Å². The third-order valence-corrected chi connectivity index (χ3v) is 2.06. The quantitative estimate of drug-likeness (QED) is 0.345. The van der Waals surface area contributed by atoms with Crippen LogP contribution in [-0.4, -0.2) is 41.6 Å². The monoisotopic (exact) mass is 282 g/mol. The van der Waals surface area contributed by atoms with E-state index >= 15 is 0 Å². The summed E-state index contributed by atoms with van der Waals surface area (Å²) in [4.78, 5) is 0. The minimum atomic E-state index is -3.95. The summed E-state index contributed by atoms with van der Waals surface area (Å²) in [5.74, 6) is 0. The second kappa shape index (κ2) is 14.3. The van der Waals surface area contributed by atoms with Crippen molar-refractivity contribution in [2.45, 2.75) is 13.8 Å². The van der Waals surface area contributed by atoms with Gasteiger partial charge in [-0.1, -0.05) is 12.2 Å². The largest absolute Gasteiger partial charge is 0.402 e. The molecule has 0 aliphatic carbocycles. The first-order valence-electron chi connectivity index (χ1n) is 5.45. The Morgan fingerprint density at radius 1 is 0.944 bits per heavy atom. The molecule has 7 heteroatoms. The van der Waals surface area contributed by atoms with E-state index in [4.69, 9.17) is 4.74 Å².